The Bertz CT molecular complexity index is 419. The maximum Gasteiger partial charge on any atom is 0.122 e. The molecule has 2 rings (SSSR count). The maximum atomic E-state index is 9.01. The number of nitriles is 1. The van der Waals surface area contributed by atoms with Gasteiger partial charge in [0.15, 0.2) is 0 Å². The van der Waals surface area contributed by atoms with Crippen LogP contribution in [0.4, 0.5) is 0 Å². The van der Waals surface area contributed by atoms with E-state index in [9.17, 15) is 0 Å². The van der Waals surface area contributed by atoms with Crippen molar-refractivity contribution < 1.29 is 4.74 Å². The molecule has 0 N–H and O–H groups in total. The van der Waals surface area contributed by atoms with E-state index in [1.165, 1.54) is 11.1 Å². The van der Waals surface area contributed by atoms with Gasteiger partial charge in [0.05, 0.1) is 12.0 Å². The van der Waals surface area contributed by atoms with Crippen LogP contribution in [0.25, 0.3) is 0 Å². The molecule has 16 heavy (non-hydrogen) atoms. The Morgan fingerprint density at radius 3 is 2.88 bits per heavy atom. The van der Waals surface area contributed by atoms with E-state index < -0.39 is 0 Å². The molecule has 0 aromatic heterocycles. The van der Waals surface area contributed by atoms with Gasteiger partial charge in [-0.2, -0.15) is 5.26 Å². The molecule has 0 bridgehead atoms. The summed E-state index contributed by atoms with van der Waals surface area (Å²) in [4.78, 5) is 0. The van der Waals surface area contributed by atoms with Crippen LogP contribution in [0, 0.1) is 31.1 Å². The van der Waals surface area contributed by atoms with Crippen LogP contribution in [0.2, 0.25) is 0 Å². The van der Waals surface area contributed by atoms with Crippen molar-refractivity contribution in [1.82, 2.24) is 0 Å². The molecule has 2 nitrogen and oxygen atoms in total. The largest absolute Gasteiger partial charge is 0.489 e. The zero-order valence-electron chi connectivity index (χ0n) is 9.86. The Hall–Kier alpha value is -1.49. The van der Waals surface area contributed by atoms with Gasteiger partial charge in [-0.25, -0.2) is 0 Å². The highest BCUT2D eigenvalue weighted by Crippen LogP contribution is 2.31. The quantitative estimate of drug-likeness (QED) is 0.757. The molecule has 1 saturated carbocycles. The molecule has 0 amide bonds. The summed E-state index contributed by atoms with van der Waals surface area (Å²) in [5.41, 5.74) is 2.43. The molecular weight excluding hydrogens is 198 g/mol. The predicted octanol–water partition coefficient (Wildman–Crippen LogP) is 3.37. The molecule has 0 radical (unpaired) electrons. The van der Waals surface area contributed by atoms with E-state index in [0.717, 1.165) is 25.0 Å². The van der Waals surface area contributed by atoms with Crippen LogP contribution in [0.3, 0.4) is 0 Å². The number of benzene rings is 1. The third-order valence-corrected chi connectivity index (χ3v) is 3.45. The molecule has 1 aliphatic carbocycles. The molecule has 0 saturated heterocycles. The molecule has 0 spiro atoms. The number of nitrogens with zero attached hydrogens (tertiary/aromatic N) is 1. The fourth-order valence-electron chi connectivity index (χ4n) is 2.23. The van der Waals surface area contributed by atoms with Crippen LogP contribution in [-0.2, 0) is 0 Å². The zero-order valence-corrected chi connectivity index (χ0v) is 9.86. The highest BCUT2D eigenvalue weighted by molar-refractivity contribution is 5.38. The Kier molecular flexibility index (Phi) is 3.14. The van der Waals surface area contributed by atoms with Crippen molar-refractivity contribution in [2.45, 2.75) is 39.2 Å². The molecule has 0 heterocycles. The standard InChI is InChI=1S/C14H17NO/c1-10-5-3-7-13(11(10)2)16-14-8-4-6-12(14)9-15/h3,5,7,12,14H,4,6,8H2,1-2H3. The van der Waals surface area contributed by atoms with Gasteiger partial charge in [0.2, 0.25) is 0 Å². The van der Waals surface area contributed by atoms with Crippen molar-refractivity contribution in [3.63, 3.8) is 0 Å². The van der Waals surface area contributed by atoms with Crippen molar-refractivity contribution in [1.29, 1.82) is 5.26 Å². The van der Waals surface area contributed by atoms with Gasteiger partial charge in [0.1, 0.15) is 11.9 Å². The molecule has 1 aromatic rings. The van der Waals surface area contributed by atoms with Crippen LogP contribution in [0.15, 0.2) is 18.2 Å². The summed E-state index contributed by atoms with van der Waals surface area (Å²) >= 11 is 0. The zero-order chi connectivity index (χ0) is 11.5. The van der Waals surface area contributed by atoms with Crippen LogP contribution in [0.1, 0.15) is 30.4 Å². The molecule has 0 aliphatic heterocycles. The average Bonchev–Trinajstić information content (AvgIpc) is 2.72. The molecule has 1 aromatic carbocycles. The van der Waals surface area contributed by atoms with Gasteiger partial charge in [-0.1, -0.05) is 12.1 Å². The maximum absolute atomic E-state index is 9.01. The molecule has 2 unspecified atom stereocenters. The predicted molar refractivity (Wildman–Crippen MR) is 63.3 cm³/mol. The first-order chi connectivity index (χ1) is 7.72. The van der Waals surface area contributed by atoms with Crippen molar-refractivity contribution in [3.05, 3.63) is 29.3 Å². The molecule has 2 atom stereocenters. The highest BCUT2D eigenvalue weighted by Gasteiger charge is 2.29. The van der Waals surface area contributed by atoms with Gasteiger partial charge < -0.3 is 4.74 Å². The number of rotatable bonds is 2. The first kappa shape index (κ1) is 11.0. The second-order valence-electron chi connectivity index (χ2n) is 4.52. The smallest absolute Gasteiger partial charge is 0.122 e. The lowest BCUT2D eigenvalue weighted by molar-refractivity contribution is 0.181. The summed E-state index contributed by atoms with van der Waals surface area (Å²) in [6, 6.07) is 8.43. The number of hydrogen-bond acceptors (Lipinski definition) is 2. The minimum Gasteiger partial charge on any atom is -0.489 e. The van der Waals surface area contributed by atoms with Crippen LogP contribution < -0.4 is 4.74 Å². The monoisotopic (exact) mass is 215 g/mol. The average molecular weight is 215 g/mol. The van der Waals surface area contributed by atoms with Crippen LogP contribution in [0.5, 0.6) is 5.75 Å². The Morgan fingerprint density at radius 1 is 1.31 bits per heavy atom. The van der Waals surface area contributed by atoms with Crippen molar-refractivity contribution in [2.75, 3.05) is 0 Å². The fourth-order valence-corrected chi connectivity index (χ4v) is 2.23. The van der Waals surface area contributed by atoms with E-state index in [-0.39, 0.29) is 12.0 Å². The Labute approximate surface area is 96.9 Å². The lowest BCUT2D eigenvalue weighted by Crippen LogP contribution is -2.20. The topological polar surface area (TPSA) is 33.0 Å². The van der Waals surface area contributed by atoms with E-state index >= 15 is 0 Å². The lowest BCUT2D eigenvalue weighted by atomic mass is 10.1. The highest BCUT2D eigenvalue weighted by atomic mass is 16.5. The molecule has 2 heteroatoms. The summed E-state index contributed by atoms with van der Waals surface area (Å²) in [7, 11) is 0. The molecule has 1 fully saturated rings. The van der Waals surface area contributed by atoms with Gasteiger partial charge in [0, 0.05) is 0 Å². The van der Waals surface area contributed by atoms with E-state index in [0.29, 0.717) is 0 Å². The SMILES string of the molecule is Cc1cccc(OC2CCCC2C#N)c1C. The number of aryl methyl sites for hydroxylation is 1. The van der Waals surface area contributed by atoms with Gasteiger partial charge in [0.25, 0.3) is 0 Å². The van der Waals surface area contributed by atoms with Gasteiger partial charge >= 0.3 is 0 Å². The summed E-state index contributed by atoms with van der Waals surface area (Å²) in [6.45, 7) is 4.15. The minimum absolute atomic E-state index is 0.0694. The van der Waals surface area contributed by atoms with Gasteiger partial charge in [-0.05, 0) is 50.3 Å². The summed E-state index contributed by atoms with van der Waals surface area (Å²) in [6.07, 6.45) is 3.18. The normalized spacial score (nSPS) is 24.1. The molecule has 1 aliphatic rings. The molecule has 84 valence electrons. The first-order valence-electron chi connectivity index (χ1n) is 5.85. The van der Waals surface area contributed by atoms with E-state index in [1.807, 2.05) is 12.1 Å². The van der Waals surface area contributed by atoms with Crippen molar-refractivity contribution >= 4 is 0 Å². The minimum atomic E-state index is 0.0694. The van der Waals surface area contributed by atoms with E-state index in [4.69, 9.17) is 10.00 Å². The van der Waals surface area contributed by atoms with Crippen molar-refractivity contribution in [2.24, 2.45) is 5.92 Å². The third kappa shape index (κ3) is 2.04. The van der Waals surface area contributed by atoms with E-state index in [1.54, 1.807) is 0 Å². The Morgan fingerprint density at radius 2 is 2.12 bits per heavy atom. The summed E-state index contributed by atoms with van der Waals surface area (Å²) in [5.74, 6) is 1.01. The van der Waals surface area contributed by atoms with Crippen LogP contribution in [-0.4, -0.2) is 6.10 Å². The van der Waals surface area contributed by atoms with E-state index in [2.05, 4.69) is 26.0 Å². The van der Waals surface area contributed by atoms with Crippen LogP contribution >= 0.6 is 0 Å². The second-order valence-corrected chi connectivity index (χ2v) is 4.52. The number of ether oxygens (including phenoxy) is 1. The second kappa shape index (κ2) is 4.57. The summed E-state index contributed by atoms with van der Waals surface area (Å²) < 4.78 is 5.97. The fraction of sp³-hybridized carbons (Fsp3) is 0.500. The van der Waals surface area contributed by atoms with Crippen molar-refractivity contribution in [3.8, 4) is 11.8 Å². The van der Waals surface area contributed by atoms with Gasteiger partial charge in [-0.15, -0.1) is 0 Å². The lowest BCUT2D eigenvalue weighted by Gasteiger charge is -2.18. The first-order valence-corrected chi connectivity index (χ1v) is 5.85. The summed E-state index contributed by atoms with van der Waals surface area (Å²) in [5, 5.41) is 9.01. The van der Waals surface area contributed by atoms with Gasteiger partial charge in [-0.3, -0.25) is 0 Å². The third-order valence-electron chi connectivity index (χ3n) is 3.45. The Balaban J connectivity index is 2.15. The molecular formula is C14H17NO. The number of hydrogen-bond donors (Lipinski definition) is 0.